The topological polar surface area (TPSA) is 53.4 Å². The molecule has 0 bridgehead atoms. The highest BCUT2D eigenvalue weighted by Crippen LogP contribution is 2.63. The van der Waals surface area contributed by atoms with Gasteiger partial charge in [-0.25, -0.2) is 0 Å². The van der Waals surface area contributed by atoms with Crippen LogP contribution in [0.5, 0.6) is 0 Å². The molecule has 5 unspecified atom stereocenters. The fourth-order valence-electron chi connectivity index (χ4n) is 7.60. The number of aliphatic hydroxyl groups is 2. The third-order valence-electron chi connectivity index (χ3n) is 9.30. The van der Waals surface area contributed by atoms with Crippen LogP contribution in [-0.2, 0) is 0 Å². The highest BCUT2D eigenvalue weighted by atomic mass is 16.3. The number of benzene rings is 1. The summed E-state index contributed by atoms with van der Waals surface area (Å²) in [6, 6.07) is 8.93. The molecule has 31 heavy (non-hydrogen) atoms. The molecule has 3 nitrogen and oxygen atoms in total. The molecule has 1 aromatic carbocycles. The van der Waals surface area contributed by atoms with E-state index in [-0.39, 0.29) is 17.4 Å². The van der Waals surface area contributed by atoms with Gasteiger partial charge in [0.15, 0.2) is 0 Å². The van der Waals surface area contributed by atoms with Crippen molar-refractivity contribution in [1.82, 2.24) is 4.98 Å². The molecule has 0 amide bonds. The molecule has 0 aliphatic heterocycles. The van der Waals surface area contributed by atoms with E-state index in [0.717, 1.165) is 51.4 Å². The van der Waals surface area contributed by atoms with E-state index in [1.165, 1.54) is 27.5 Å². The van der Waals surface area contributed by atoms with Crippen LogP contribution >= 0.6 is 0 Å². The number of rotatable bonds is 1. The van der Waals surface area contributed by atoms with Gasteiger partial charge >= 0.3 is 0 Å². The SMILES string of the molecule is CC12CC=C3C=C4CCC(O)CC4CC[C@]3(O)C1CCC2c1ccc2ccncc2c1. The van der Waals surface area contributed by atoms with Gasteiger partial charge in [0.1, 0.15) is 0 Å². The summed E-state index contributed by atoms with van der Waals surface area (Å²) in [6.07, 6.45) is 16.1. The van der Waals surface area contributed by atoms with E-state index >= 15 is 0 Å². The normalized spacial score (nSPS) is 39.7. The molecule has 2 fully saturated rings. The molecule has 1 heterocycles. The van der Waals surface area contributed by atoms with Crippen LogP contribution in [0.15, 0.2) is 60.0 Å². The maximum absolute atomic E-state index is 12.2. The molecule has 1 aromatic heterocycles. The number of nitrogens with zero attached hydrogens (tertiary/aromatic N) is 1. The minimum Gasteiger partial charge on any atom is -0.393 e. The van der Waals surface area contributed by atoms with E-state index in [9.17, 15) is 10.2 Å². The van der Waals surface area contributed by atoms with Crippen molar-refractivity contribution in [2.24, 2.45) is 17.3 Å². The minimum absolute atomic E-state index is 0.0711. The quantitative estimate of drug-likeness (QED) is 0.630. The second kappa shape index (κ2) is 7.02. The van der Waals surface area contributed by atoms with Crippen molar-refractivity contribution in [1.29, 1.82) is 0 Å². The lowest BCUT2D eigenvalue weighted by molar-refractivity contribution is -0.0478. The van der Waals surface area contributed by atoms with Gasteiger partial charge in [-0.3, -0.25) is 4.98 Å². The first-order valence-corrected chi connectivity index (χ1v) is 12.1. The Morgan fingerprint density at radius 1 is 1.06 bits per heavy atom. The number of hydrogen-bond donors (Lipinski definition) is 2. The number of pyridine rings is 1. The first-order chi connectivity index (χ1) is 15.0. The van der Waals surface area contributed by atoms with Gasteiger partial charge in [-0.1, -0.05) is 36.8 Å². The Hall–Kier alpha value is -1.97. The molecule has 2 aromatic rings. The monoisotopic (exact) mass is 415 g/mol. The molecule has 4 aliphatic rings. The Balaban J connectivity index is 1.36. The predicted molar refractivity (Wildman–Crippen MR) is 124 cm³/mol. The molecule has 0 spiro atoms. The van der Waals surface area contributed by atoms with Crippen molar-refractivity contribution in [2.75, 3.05) is 0 Å². The van der Waals surface area contributed by atoms with Crippen LogP contribution in [0, 0.1) is 17.3 Å². The second-order valence-corrected chi connectivity index (χ2v) is 10.8. The zero-order valence-electron chi connectivity index (χ0n) is 18.4. The lowest BCUT2D eigenvalue weighted by Crippen LogP contribution is -2.49. The minimum atomic E-state index is -0.727. The summed E-state index contributed by atoms with van der Waals surface area (Å²) in [5, 5.41) is 24.8. The molecular weight excluding hydrogens is 382 g/mol. The van der Waals surface area contributed by atoms with Gasteiger partial charge in [-0.15, -0.1) is 0 Å². The molecule has 4 aliphatic carbocycles. The fraction of sp³-hybridized carbons (Fsp3) is 0.536. The van der Waals surface area contributed by atoms with E-state index in [4.69, 9.17) is 0 Å². The maximum Gasteiger partial charge on any atom is 0.0927 e. The molecule has 3 heteroatoms. The lowest BCUT2D eigenvalue weighted by Gasteiger charge is -2.49. The van der Waals surface area contributed by atoms with Crippen LogP contribution in [0.4, 0.5) is 0 Å². The first kappa shape index (κ1) is 19.7. The summed E-state index contributed by atoms with van der Waals surface area (Å²) in [4.78, 5) is 4.32. The lowest BCUT2D eigenvalue weighted by atomic mass is 9.58. The van der Waals surface area contributed by atoms with Gasteiger partial charge in [-0.2, -0.15) is 0 Å². The second-order valence-electron chi connectivity index (χ2n) is 10.8. The Morgan fingerprint density at radius 2 is 1.97 bits per heavy atom. The van der Waals surface area contributed by atoms with E-state index in [0.29, 0.717) is 11.8 Å². The largest absolute Gasteiger partial charge is 0.393 e. The molecular formula is C28H33NO2. The average molecular weight is 416 g/mol. The van der Waals surface area contributed by atoms with Gasteiger partial charge in [0.25, 0.3) is 0 Å². The average Bonchev–Trinajstić information content (AvgIpc) is 3.06. The first-order valence-electron chi connectivity index (χ1n) is 12.1. The molecule has 2 N–H and O–H groups in total. The van der Waals surface area contributed by atoms with E-state index < -0.39 is 5.60 Å². The summed E-state index contributed by atoms with van der Waals surface area (Å²) in [5.41, 5.74) is 3.38. The highest BCUT2D eigenvalue weighted by Gasteiger charge is 2.58. The van der Waals surface area contributed by atoms with Crippen LogP contribution in [0.1, 0.15) is 69.8 Å². The van der Waals surface area contributed by atoms with Crippen LogP contribution < -0.4 is 0 Å². The van der Waals surface area contributed by atoms with Crippen molar-refractivity contribution >= 4 is 10.8 Å². The van der Waals surface area contributed by atoms with Crippen molar-refractivity contribution in [3.8, 4) is 0 Å². The van der Waals surface area contributed by atoms with Gasteiger partial charge in [0.2, 0.25) is 0 Å². The van der Waals surface area contributed by atoms with Crippen LogP contribution in [0.3, 0.4) is 0 Å². The van der Waals surface area contributed by atoms with E-state index in [1.807, 2.05) is 12.4 Å². The van der Waals surface area contributed by atoms with Crippen molar-refractivity contribution in [3.05, 3.63) is 65.5 Å². The van der Waals surface area contributed by atoms with Gasteiger partial charge in [-0.05, 0) is 103 Å². The molecule has 6 atom stereocenters. The number of allylic oxidation sites excluding steroid dienone is 2. The van der Waals surface area contributed by atoms with Crippen molar-refractivity contribution in [3.63, 3.8) is 0 Å². The predicted octanol–water partition coefficient (Wildman–Crippen LogP) is 5.68. The summed E-state index contributed by atoms with van der Waals surface area (Å²) in [5.74, 6) is 1.19. The zero-order chi connectivity index (χ0) is 21.2. The van der Waals surface area contributed by atoms with Crippen LogP contribution in [0.25, 0.3) is 10.8 Å². The number of aliphatic hydroxyl groups excluding tert-OH is 1. The molecule has 0 radical (unpaired) electrons. The number of hydrogen-bond acceptors (Lipinski definition) is 3. The standard InChI is InChI=1S/C28H33NO2/c1-27-11-9-23-15-19-4-5-24(30)16-20(19)8-12-28(23,31)26(27)7-6-25(27)21-3-2-18-10-13-29-17-22(18)14-21/h2-3,9-10,13-15,17,20,24-26,30-31H,4-8,11-12,16H2,1H3/t20?,24?,25?,26?,27?,28-/m1/s1. The molecule has 6 rings (SSSR count). The maximum atomic E-state index is 12.2. The molecule has 2 saturated carbocycles. The number of fused-ring (bicyclic) bond motifs is 5. The van der Waals surface area contributed by atoms with Crippen LogP contribution in [-0.4, -0.2) is 26.9 Å². The summed E-state index contributed by atoms with van der Waals surface area (Å²) >= 11 is 0. The summed E-state index contributed by atoms with van der Waals surface area (Å²) in [6.45, 7) is 2.42. The van der Waals surface area contributed by atoms with Crippen molar-refractivity contribution < 1.29 is 10.2 Å². The Morgan fingerprint density at radius 3 is 2.87 bits per heavy atom. The summed E-state index contributed by atoms with van der Waals surface area (Å²) in [7, 11) is 0. The number of aromatic nitrogens is 1. The Labute approximate surface area is 184 Å². The zero-order valence-corrected chi connectivity index (χ0v) is 18.4. The smallest absolute Gasteiger partial charge is 0.0927 e. The van der Waals surface area contributed by atoms with Gasteiger partial charge < -0.3 is 10.2 Å². The molecule has 162 valence electrons. The fourth-order valence-corrected chi connectivity index (χ4v) is 7.60. The van der Waals surface area contributed by atoms with Gasteiger partial charge in [0.05, 0.1) is 11.7 Å². The molecule has 0 saturated heterocycles. The van der Waals surface area contributed by atoms with E-state index in [1.54, 1.807) is 0 Å². The highest BCUT2D eigenvalue weighted by molar-refractivity contribution is 5.82. The third kappa shape index (κ3) is 2.97. The van der Waals surface area contributed by atoms with Crippen molar-refractivity contribution in [2.45, 2.75) is 75.9 Å². The Bertz CT molecular complexity index is 1090. The van der Waals surface area contributed by atoms with Crippen LogP contribution in [0.2, 0.25) is 0 Å². The third-order valence-corrected chi connectivity index (χ3v) is 9.30. The summed E-state index contributed by atoms with van der Waals surface area (Å²) < 4.78 is 0. The van der Waals surface area contributed by atoms with Gasteiger partial charge in [0, 0.05) is 17.8 Å². The van der Waals surface area contributed by atoms with E-state index in [2.05, 4.69) is 48.3 Å². The Kier molecular flexibility index (Phi) is 4.46.